The van der Waals surface area contributed by atoms with Crippen molar-refractivity contribution in [1.82, 2.24) is 4.98 Å². The van der Waals surface area contributed by atoms with Crippen LogP contribution >= 0.6 is 0 Å². The maximum Gasteiger partial charge on any atom is 0.0700 e. The van der Waals surface area contributed by atoms with E-state index in [0.717, 1.165) is 12.1 Å². The predicted octanol–water partition coefficient (Wildman–Crippen LogP) is 1.57. The van der Waals surface area contributed by atoms with Crippen LogP contribution in [0.15, 0.2) is 24.4 Å². The predicted molar refractivity (Wildman–Crippen MR) is 76.8 cm³/mol. The fraction of sp³-hybridized carbons (Fsp3) is 0.667. The van der Waals surface area contributed by atoms with E-state index in [1.54, 1.807) is 14.2 Å². The maximum absolute atomic E-state index is 5.60. The summed E-state index contributed by atoms with van der Waals surface area (Å²) in [5.41, 5.74) is 1.06. The number of hydrogen-bond donors (Lipinski definition) is 0. The molecule has 1 aromatic heterocycles. The molecule has 0 atom stereocenters. The summed E-state index contributed by atoms with van der Waals surface area (Å²) in [6.45, 7) is 3.72. The lowest BCUT2D eigenvalue weighted by Gasteiger charge is -2.17. The van der Waals surface area contributed by atoms with Crippen molar-refractivity contribution in [3.63, 3.8) is 0 Å². The fourth-order valence-electron chi connectivity index (χ4n) is 1.77. The average Bonchev–Trinajstić information content (AvgIpc) is 2.49. The van der Waals surface area contributed by atoms with Crippen LogP contribution in [0.5, 0.6) is 0 Å². The highest BCUT2D eigenvalue weighted by molar-refractivity contribution is 5.04. The van der Waals surface area contributed by atoms with Crippen molar-refractivity contribution in [2.45, 2.75) is 6.42 Å². The highest BCUT2D eigenvalue weighted by atomic mass is 16.5. The SMILES string of the molecule is COCCOCC(COCCOC)Cc1ccccn1. The quantitative estimate of drug-likeness (QED) is 0.545. The molecule has 0 saturated heterocycles. The summed E-state index contributed by atoms with van der Waals surface area (Å²) in [6.07, 6.45) is 2.66. The molecule has 0 aromatic carbocycles. The van der Waals surface area contributed by atoms with Gasteiger partial charge >= 0.3 is 0 Å². The Hall–Kier alpha value is -1.01. The molecule has 0 radical (unpaired) electrons. The Balaban J connectivity index is 2.33. The zero-order chi connectivity index (χ0) is 14.5. The smallest absolute Gasteiger partial charge is 0.0700 e. The molecule has 1 rings (SSSR count). The van der Waals surface area contributed by atoms with E-state index < -0.39 is 0 Å². The van der Waals surface area contributed by atoms with Crippen LogP contribution in [0, 0.1) is 5.92 Å². The van der Waals surface area contributed by atoms with Crippen molar-refractivity contribution in [2.75, 3.05) is 53.9 Å². The largest absolute Gasteiger partial charge is 0.382 e. The first-order valence-corrected chi connectivity index (χ1v) is 6.90. The molecule has 0 N–H and O–H groups in total. The normalized spacial score (nSPS) is 11.2. The highest BCUT2D eigenvalue weighted by Gasteiger charge is 2.11. The molecule has 1 aromatic rings. The molecule has 0 aliphatic heterocycles. The topological polar surface area (TPSA) is 49.8 Å². The molecule has 114 valence electrons. The van der Waals surface area contributed by atoms with Gasteiger partial charge in [0.05, 0.1) is 39.6 Å². The van der Waals surface area contributed by atoms with E-state index in [-0.39, 0.29) is 0 Å². The fourth-order valence-corrected chi connectivity index (χ4v) is 1.77. The zero-order valence-electron chi connectivity index (χ0n) is 12.4. The molecule has 0 bridgehead atoms. The van der Waals surface area contributed by atoms with E-state index >= 15 is 0 Å². The number of aromatic nitrogens is 1. The van der Waals surface area contributed by atoms with E-state index in [1.165, 1.54) is 0 Å². The highest BCUT2D eigenvalue weighted by Crippen LogP contribution is 2.08. The second-order valence-corrected chi connectivity index (χ2v) is 4.53. The first-order chi connectivity index (χ1) is 9.86. The summed E-state index contributed by atoms with van der Waals surface area (Å²) in [4.78, 5) is 4.35. The summed E-state index contributed by atoms with van der Waals surface area (Å²) >= 11 is 0. The molecule has 0 spiro atoms. The first kappa shape index (κ1) is 17.0. The Labute approximate surface area is 121 Å². The minimum Gasteiger partial charge on any atom is -0.382 e. The van der Waals surface area contributed by atoms with Crippen LogP contribution in [0.2, 0.25) is 0 Å². The van der Waals surface area contributed by atoms with Crippen molar-refractivity contribution in [2.24, 2.45) is 5.92 Å². The lowest BCUT2D eigenvalue weighted by molar-refractivity contribution is 0.00734. The van der Waals surface area contributed by atoms with Gasteiger partial charge in [-0.05, 0) is 18.6 Å². The van der Waals surface area contributed by atoms with Crippen LogP contribution in [0.25, 0.3) is 0 Å². The number of methoxy groups -OCH3 is 2. The molecule has 20 heavy (non-hydrogen) atoms. The summed E-state index contributed by atoms with van der Waals surface area (Å²) in [5.74, 6) is 0.290. The Kier molecular flexibility index (Phi) is 10.0. The van der Waals surface area contributed by atoms with Crippen LogP contribution in [-0.4, -0.2) is 58.8 Å². The van der Waals surface area contributed by atoms with Crippen molar-refractivity contribution in [3.8, 4) is 0 Å². The van der Waals surface area contributed by atoms with Crippen LogP contribution < -0.4 is 0 Å². The van der Waals surface area contributed by atoms with Gasteiger partial charge in [-0.3, -0.25) is 4.98 Å². The molecule has 0 aliphatic rings. The second kappa shape index (κ2) is 11.8. The molecular formula is C15H25NO4. The number of rotatable bonds is 12. The van der Waals surface area contributed by atoms with Crippen LogP contribution in [0.3, 0.4) is 0 Å². The van der Waals surface area contributed by atoms with Gasteiger partial charge in [-0.15, -0.1) is 0 Å². The summed E-state index contributed by atoms with van der Waals surface area (Å²) in [6, 6.07) is 5.94. The lowest BCUT2D eigenvalue weighted by atomic mass is 10.1. The standard InChI is InChI=1S/C15H25NO4/c1-17-7-9-19-12-14(13-20-10-8-18-2)11-15-5-3-4-6-16-15/h3-6,14H,7-13H2,1-2H3. The van der Waals surface area contributed by atoms with Crippen LogP contribution in [-0.2, 0) is 25.4 Å². The van der Waals surface area contributed by atoms with E-state index in [4.69, 9.17) is 18.9 Å². The van der Waals surface area contributed by atoms with Gasteiger partial charge in [0.25, 0.3) is 0 Å². The van der Waals surface area contributed by atoms with Crippen LogP contribution in [0.1, 0.15) is 5.69 Å². The lowest BCUT2D eigenvalue weighted by Crippen LogP contribution is -2.21. The van der Waals surface area contributed by atoms with E-state index in [1.807, 2.05) is 24.4 Å². The van der Waals surface area contributed by atoms with Gasteiger partial charge in [-0.2, -0.15) is 0 Å². The molecular weight excluding hydrogens is 258 g/mol. The van der Waals surface area contributed by atoms with E-state index in [2.05, 4.69) is 4.98 Å². The van der Waals surface area contributed by atoms with Gasteiger partial charge in [-0.25, -0.2) is 0 Å². The molecule has 0 aliphatic carbocycles. The third-order valence-electron chi connectivity index (χ3n) is 2.79. The van der Waals surface area contributed by atoms with Crippen molar-refractivity contribution in [1.29, 1.82) is 0 Å². The Bertz CT molecular complexity index is 309. The van der Waals surface area contributed by atoms with Crippen molar-refractivity contribution < 1.29 is 18.9 Å². The van der Waals surface area contributed by atoms with Crippen LogP contribution in [0.4, 0.5) is 0 Å². The van der Waals surface area contributed by atoms with E-state index in [0.29, 0.717) is 45.6 Å². The third-order valence-corrected chi connectivity index (χ3v) is 2.79. The van der Waals surface area contributed by atoms with Crippen molar-refractivity contribution >= 4 is 0 Å². The molecule has 1 heterocycles. The average molecular weight is 283 g/mol. The van der Waals surface area contributed by atoms with E-state index in [9.17, 15) is 0 Å². The minimum atomic E-state index is 0.290. The Morgan fingerprint density at radius 2 is 1.60 bits per heavy atom. The van der Waals surface area contributed by atoms with Gasteiger partial charge in [0.1, 0.15) is 0 Å². The third kappa shape index (κ3) is 8.22. The summed E-state index contributed by atoms with van der Waals surface area (Å²) in [5, 5.41) is 0. The molecule has 0 saturated carbocycles. The van der Waals surface area contributed by atoms with Gasteiger partial charge in [0.2, 0.25) is 0 Å². The van der Waals surface area contributed by atoms with Gasteiger partial charge in [-0.1, -0.05) is 6.07 Å². The summed E-state index contributed by atoms with van der Waals surface area (Å²) < 4.78 is 21.1. The van der Waals surface area contributed by atoms with Gasteiger partial charge < -0.3 is 18.9 Å². The minimum absolute atomic E-state index is 0.290. The monoisotopic (exact) mass is 283 g/mol. The number of ether oxygens (including phenoxy) is 4. The Morgan fingerprint density at radius 3 is 2.10 bits per heavy atom. The Morgan fingerprint density at radius 1 is 0.950 bits per heavy atom. The molecule has 0 fully saturated rings. The summed E-state index contributed by atoms with van der Waals surface area (Å²) in [7, 11) is 3.34. The number of nitrogens with zero attached hydrogens (tertiary/aromatic N) is 1. The molecule has 5 nitrogen and oxygen atoms in total. The zero-order valence-corrected chi connectivity index (χ0v) is 12.4. The number of hydrogen-bond acceptors (Lipinski definition) is 5. The van der Waals surface area contributed by atoms with Gasteiger partial charge in [0, 0.05) is 32.0 Å². The molecule has 0 unspecified atom stereocenters. The van der Waals surface area contributed by atoms with Crippen molar-refractivity contribution in [3.05, 3.63) is 30.1 Å². The molecule has 0 amide bonds. The number of pyridine rings is 1. The first-order valence-electron chi connectivity index (χ1n) is 6.90. The second-order valence-electron chi connectivity index (χ2n) is 4.53. The maximum atomic E-state index is 5.60. The van der Waals surface area contributed by atoms with Gasteiger partial charge in [0.15, 0.2) is 0 Å². The molecule has 5 heteroatoms.